The Hall–Kier alpha value is -2.93. The smallest absolute Gasteiger partial charge is 0.258 e. The van der Waals surface area contributed by atoms with Crippen molar-refractivity contribution in [2.45, 2.75) is 56.7 Å². The lowest BCUT2D eigenvalue weighted by Crippen LogP contribution is -2.56. The Balaban J connectivity index is 1.40. The number of fused-ring (bicyclic) bond motifs is 3. The van der Waals surface area contributed by atoms with E-state index in [-0.39, 0.29) is 28.5 Å². The van der Waals surface area contributed by atoms with Crippen LogP contribution in [0.1, 0.15) is 39.5 Å². The van der Waals surface area contributed by atoms with Crippen molar-refractivity contribution < 1.29 is 9.84 Å². The summed E-state index contributed by atoms with van der Waals surface area (Å²) in [5.74, 6) is 0.496. The number of hydrogen-bond acceptors (Lipinski definition) is 6. The van der Waals surface area contributed by atoms with E-state index in [1.54, 1.807) is 31.4 Å². The molecule has 4 heterocycles. The molecule has 0 radical (unpaired) electrons. The van der Waals surface area contributed by atoms with Crippen LogP contribution in [0.4, 0.5) is 0 Å². The van der Waals surface area contributed by atoms with Crippen molar-refractivity contribution in [3.8, 4) is 22.9 Å². The van der Waals surface area contributed by atoms with Gasteiger partial charge in [-0.3, -0.25) is 4.79 Å². The lowest BCUT2D eigenvalue weighted by Gasteiger charge is -2.41. The van der Waals surface area contributed by atoms with Crippen molar-refractivity contribution in [3.05, 3.63) is 46.9 Å². The predicted octanol–water partition coefficient (Wildman–Crippen LogP) is 3.14. The third kappa shape index (κ3) is 3.23. The second-order valence-electron chi connectivity index (χ2n) is 9.34. The Kier molecular flexibility index (Phi) is 4.15. The zero-order valence-corrected chi connectivity index (χ0v) is 17.5. The molecule has 2 aliphatic heterocycles. The Morgan fingerprint density at radius 2 is 1.87 bits per heavy atom. The number of hydrogen-bond donors (Lipinski definition) is 2. The van der Waals surface area contributed by atoms with Crippen LogP contribution >= 0.6 is 0 Å². The fraction of sp³-hybridized carbons (Fsp3) is 0.435. The number of pyridine rings is 1. The predicted molar refractivity (Wildman–Crippen MR) is 115 cm³/mol. The first-order valence-corrected chi connectivity index (χ1v) is 10.4. The molecule has 2 N–H and O–H groups in total. The van der Waals surface area contributed by atoms with Crippen LogP contribution in [0, 0.1) is 0 Å². The van der Waals surface area contributed by atoms with Gasteiger partial charge in [-0.05, 0) is 56.3 Å². The van der Waals surface area contributed by atoms with E-state index in [0.717, 1.165) is 18.2 Å². The molecule has 156 valence electrons. The summed E-state index contributed by atoms with van der Waals surface area (Å²) >= 11 is 0. The van der Waals surface area contributed by atoms with Crippen LogP contribution in [-0.2, 0) is 7.05 Å². The van der Waals surface area contributed by atoms with Crippen LogP contribution in [0.2, 0.25) is 0 Å². The molecule has 2 aromatic heterocycles. The van der Waals surface area contributed by atoms with Crippen molar-refractivity contribution in [1.82, 2.24) is 20.1 Å². The third-order valence-corrected chi connectivity index (χ3v) is 6.59. The number of nitrogens with zero attached hydrogens (tertiary/aromatic N) is 3. The van der Waals surface area contributed by atoms with Crippen molar-refractivity contribution >= 4 is 10.8 Å². The highest BCUT2D eigenvalue weighted by molar-refractivity contribution is 5.89. The van der Waals surface area contributed by atoms with Gasteiger partial charge >= 0.3 is 0 Å². The fourth-order valence-electron chi connectivity index (χ4n) is 5.15. The van der Waals surface area contributed by atoms with E-state index in [9.17, 15) is 9.90 Å². The fourth-order valence-corrected chi connectivity index (χ4v) is 5.15. The molecule has 30 heavy (non-hydrogen) atoms. The maximum Gasteiger partial charge on any atom is 0.258 e. The first-order valence-electron chi connectivity index (χ1n) is 10.4. The first-order chi connectivity index (χ1) is 14.2. The molecule has 1 aromatic carbocycles. The number of aromatic hydroxyl groups is 1. The number of aryl methyl sites for hydroxylation is 1. The first kappa shape index (κ1) is 19.1. The van der Waals surface area contributed by atoms with E-state index in [2.05, 4.69) is 29.4 Å². The Morgan fingerprint density at radius 3 is 2.53 bits per heavy atom. The second kappa shape index (κ2) is 6.54. The van der Waals surface area contributed by atoms with Crippen LogP contribution in [0.15, 0.2) is 41.3 Å². The van der Waals surface area contributed by atoms with E-state index >= 15 is 0 Å². The van der Waals surface area contributed by atoms with Crippen LogP contribution in [0.3, 0.4) is 0 Å². The molecule has 7 heteroatoms. The zero-order valence-electron chi connectivity index (χ0n) is 17.5. The molecule has 7 nitrogen and oxygen atoms in total. The number of nitrogens with one attached hydrogen (secondary N) is 1. The molecule has 0 aliphatic carbocycles. The van der Waals surface area contributed by atoms with E-state index in [1.165, 1.54) is 23.5 Å². The molecule has 0 spiro atoms. The lowest BCUT2D eigenvalue weighted by molar-refractivity contribution is 0.0754. The van der Waals surface area contributed by atoms with Crippen molar-refractivity contribution in [2.24, 2.45) is 7.05 Å². The topological polar surface area (TPSA) is 89.3 Å². The Morgan fingerprint density at radius 1 is 1.13 bits per heavy atom. The van der Waals surface area contributed by atoms with Gasteiger partial charge in [-0.15, -0.1) is 10.2 Å². The SMILES string of the molecule is Cn1ccc2cc(-c3ccc(OC4C[C@]5(C)CC[C@](C)(C4)N5)nn3)c(O)cc2c1=O. The minimum Gasteiger partial charge on any atom is -0.507 e. The van der Waals surface area contributed by atoms with Gasteiger partial charge in [0.05, 0.1) is 11.1 Å². The van der Waals surface area contributed by atoms with E-state index in [1.807, 2.05) is 6.07 Å². The van der Waals surface area contributed by atoms with Crippen LogP contribution < -0.4 is 15.6 Å². The zero-order chi connectivity index (χ0) is 21.1. The van der Waals surface area contributed by atoms with Gasteiger partial charge in [0.15, 0.2) is 0 Å². The summed E-state index contributed by atoms with van der Waals surface area (Å²) < 4.78 is 7.65. The van der Waals surface area contributed by atoms with Crippen molar-refractivity contribution in [3.63, 3.8) is 0 Å². The maximum atomic E-state index is 12.3. The number of phenolic OH excluding ortho intramolecular Hbond substituents is 1. The van der Waals surface area contributed by atoms with Gasteiger partial charge in [0.1, 0.15) is 11.9 Å². The van der Waals surface area contributed by atoms with Crippen LogP contribution in [0.5, 0.6) is 11.6 Å². The maximum absolute atomic E-state index is 12.3. The van der Waals surface area contributed by atoms with Gasteiger partial charge in [0, 0.05) is 48.8 Å². The summed E-state index contributed by atoms with van der Waals surface area (Å²) in [4.78, 5) is 12.3. The summed E-state index contributed by atoms with van der Waals surface area (Å²) in [6.45, 7) is 4.52. The average Bonchev–Trinajstić information content (AvgIpc) is 2.93. The molecule has 3 aromatic rings. The number of rotatable bonds is 3. The number of ether oxygens (including phenoxy) is 1. The summed E-state index contributed by atoms with van der Waals surface area (Å²) in [7, 11) is 1.69. The molecule has 0 amide bonds. The molecular weight excluding hydrogens is 380 g/mol. The van der Waals surface area contributed by atoms with Gasteiger partial charge in [-0.1, -0.05) is 0 Å². The second-order valence-corrected chi connectivity index (χ2v) is 9.34. The van der Waals surface area contributed by atoms with Gasteiger partial charge in [-0.2, -0.15) is 0 Å². The Labute approximate surface area is 174 Å². The third-order valence-electron chi connectivity index (χ3n) is 6.59. The van der Waals surface area contributed by atoms with Gasteiger partial charge < -0.3 is 19.7 Å². The summed E-state index contributed by atoms with van der Waals surface area (Å²) in [5, 5.41) is 24.0. The molecule has 2 aliphatic rings. The van der Waals surface area contributed by atoms with Gasteiger partial charge in [0.25, 0.3) is 5.56 Å². The molecule has 2 saturated heterocycles. The highest BCUT2D eigenvalue weighted by Crippen LogP contribution is 2.43. The summed E-state index contributed by atoms with van der Waals surface area (Å²) in [5.41, 5.74) is 1.17. The van der Waals surface area contributed by atoms with E-state index < -0.39 is 0 Å². The summed E-state index contributed by atoms with van der Waals surface area (Å²) in [6, 6.07) is 8.69. The highest BCUT2D eigenvalue weighted by atomic mass is 16.5. The molecule has 2 bridgehead atoms. The number of piperidine rings is 1. The minimum absolute atomic E-state index is 0.00421. The van der Waals surface area contributed by atoms with Crippen molar-refractivity contribution in [1.29, 1.82) is 0 Å². The molecular formula is C23H26N4O3. The quantitative estimate of drug-likeness (QED) is 0.695. The van der Waals surface area contributed by atoms with Crippen LogP contribution in [-0.4, -0.2) is 37.1 Å². The van der Waals surface area contributed by atoms with E-state index in [0.29, 0.717) is 22.5 Å². The standard InChI is InChI=1S/C23H26N4O3/c1-22-7-8-23(2,26-22)13-15(12-22)30-20-5-4-18(24-25-20)17-10-14-6-9-27(3)21(29)16(14)11-19(17)28/h4-6,9-11,15,26,28H,7-8,12-13H2,1-3H3/t15?,22-,23+. The number of benzene rings is 1. The monoisotopic (exact) mass is 406 g/mol. The highest BCUT2D eigenvalue weighted by Gasteiger charge is 2.49. The molecule has 5 rings (SSSR count). The Bertz CT molecular complexity index is 1170. The average molecular weight is 406 g/mol. The minimum atomic E-state index is -0.150. The molecule has 2 fully saturated rings. The lowest BCUT2D eigenvalue weighted by atomic mass is 9.86. The van der Waals surface area contributed by atoms with E-state index in [4.69, 9.17) is 4.74 Å². The largest absolute Gasteiger partial charge is 0.507 e. The number of aromatic nitrogens is 3. The number of phenols is 1. The van der Waals surface area contributed by atoms with Crippen LogP contribution in [0.25, 0.3) is 22.0 Å². The molecule has 1 unspecified atom stereocenters. The van der Waals surface area contributed by atoms with Gasteiger partial charge in [-0.25, -0.2) is 0 Å². The summed E-state index contributed by atoms with van der Waals surface area (Å²) in [6.07, 6.45) is 6.05. The van der Waals surface area contributed by atoms with Crippen molar-refractivity contribution in [2.75, 3.05) is 0 Å². The van der Waals surface area contributed by atoms with Gasteiger partial charge in [0.2, 0.25) is 5.88 Å². The normalized spacial score (nSPS) is 28.0. The molecule has 3 atom stereocenters. The molecule has 0 saturated carbocycles.